The summed E-state index contributed by atoms with van der Waals surface area (Å²) in [6, 6.07) is 8.01. The fourth-order valence-electron chi connectivity index (χ4n) is 1.12. The van der Waals surface area contributed by atoms with Gasteiger partial charge in [-0.05, 0) is 36.1 Å². The number of benzene rings is 1. The molecule has 0 aliphatic carbocycles. The minimum absolute atomic E-state index is 0.0131. The summed E-state index contributed by atoms with van der Waals surface area (Å²) in [6.45, 7) is 2.21. The first-order valence-electron chi connectivity index (χ1n) is 4.42. The Hall–Kier alpha value is -1.00. The number of rotatable bonds is 4. The number of carbonyl (C=O) groups is 1. The summed E-state index contributed by atoms with van der Waals surface area (Å²) < 4.78 is 0. The van der Waals surface area contributed by atoms with Crippen LogP contribution in [0.5, 0.6) is 0 Å². The smallest absolute Gasteiger partial charge is 0.216 e. The Labute approximate surface area is 88.2 Å². The summed E-state index contributed by atoms with van der Waals surface area (Å²) in [6.07, 6.45) is 0.856. The molecule has 0 fully saturated rings. The number of nitrogens with two attached hydrogens (primary N) is 1. The molecule has 0 aliphatic heterocycles. The fraction of sp³-hybridized carbons (Fsp3) is 0.300. The van der Waals surface area contributed by atoms with Gasteiger partial charge in [-0.2, -0.15) is 0 Å². The molecule has 3 N–H and O–H groups in total. The molecule has 1 amide bonds. The largest absolute Gasteiger partial charge is 0.356 e. The third-order valence-corrected chi connectivity index (χ3v) is 2.39. The predicted molar refractivity (Wildman–Crippen MR) is 58.9 cm³/mol. The molecule has 0 unspecified atom stereocenters. The van der Waals surface area contributed by atoms with E-state index in [1.807, 2.05) is 24.3 Å². The highest BCUT2D eigenvalue weighted by Gasteiger charge is 1.95. The predicted octanol–water partition coefficient (Wildman–Crippen LogP) is 1.33. The van der Waals surface area contributed by atoms with Gasteiger partial charge in [0.1, 0.15) is 0 Å². The van der Waals surface area contributed by atoms with Gasteiger partial charge >= 0.3 is 0 Å². The minimum atomic E-state index is 0.0131. The first-order chi connectivity index (χ1) is 6.72. The summed E-state index contributed by atoms with van der Waals surface area (Å²) >= 11 is 1.24. The summed E-state index contributed by atoms with van der Waals surface area (Å²) in [5, 5.41) is 8.15. The third-order valence-electron chi connectivity index (χ3n) is 1.85. The van der Waals surface area contributed by atoms with E-state index >= 15 is 0 Å². The molecular formula is C10H14N2OS. The Kier molecular flexibility index (Phi) is 4.49. The molecule has 0 aliphatic rings. The Morgan fingerprint density at radius 2 is 2.07 bits per heavy atom. The Bertz CT molecular complexity index is 297. The number of hydrogen-bond acceptors (Lipinski definition) is 3. The highest BCUT2D eigenvalue weighted by atomic mass is 32.2. The number of amides is 1. The Morgan fingerprint density at radius 1 is 1.43 bits per heavy atom. The molecular weight excluding hydrogens is 196 g/mol. The lowest BCUT2D eigenvalue weighted by atomic mass is 10.1. The molecule has 76 valence electrons. The van der Waals surface area contributed by atoms with Crippen molar-refractivity contribution in [2.24, 2.45) is 5.14 Å². The van der Waals surface area contributed by atoms with E-state index in [0.29, 0.717) is 6.54 Å². The summed E-state index contributed by atoms with van der Waals surface area (Å²) in [4.78, 5) is 11.7. The number of nitrogens with one attached hydrogen (secondary N) is 1. The van der Waals surface area contributed by atoms with Crippen molar-refractivity contribution in [3.05, 3.63) is 29.8 Å². The molecule has 1 aromatic carbocycles. The maximum atomic E-state index is 10.6. The molecule has 0 atom stereocenters. The van der Waals surface area contributed by atoms with Crippen LogP contribution in [-0.2, 0) is 11.2 Å². The van der Waals surface area contributed by atoms with Crippen molar-refractivity contribution >= 4 is 17.9 Å². The van der Waals surface area contributed by atoms with Crippen molar-refractivity contribution in [3.8, 4) is 0 Å². The van der Waals surface area contributed by atoms with Crippen LogP contribution < -0.4 is 10.5 Å². The first-order valence-corrected chi connectivity index (χ1v) is 5.30. The maximum Gasteiger partial charge on any atom is 0.216 e. The topological polar surface area (TPSA) is 55.1 Å². The molecule has 1 rings (SSSR count). The van der Waals surface area contributed by atoms with Gasteiger partial charge in [-0.3, -0.25) is 9.93 Å². The van der Waals surface area contributed by atoms with E-state index < -0.39 is 0 Å². The van der Waals surface area contributed by atoms with Gasteiger partial charge in [-0.15, -0.1) is 0 Å². The zero-order chi connectivity index (χ0) is 10.4. The molecule has 4 heteroatoms. The molecule has 14 heavy (non-hydrogen) atoms. The van der Waals surface area contributed by atoms with Gasteiger partial charge in [0.15, 0.2) is 0 Å². The average Bonchev–Trinajstić information content (AvgIpc) is 2.18. The molecule has 3 nitrogen and oxygen atoms in total. The van der Waals surface area contributed by atoms with Gasteiger partial charge in [0.2, 0.25) is 5.91 Å². The minimum Gasteiger partial charge on any atom is -0.356 e. The fourth-order valence-corrected chi connectivity index (χ4v) is 1.41. The van der Waals surface area contributed by atoms with E-state index in [1.165, 1.54) is 24.4 Å². The zero-order valence-electron chi connectivity index (χ0n) is 8.12. The highest BCUT2D eigenvalue weighted by Crippen LogP contribution is 2.12. The van der Waals surface area contributed by atoms with Crippen LogP contribution in [0.4, 0.5) is 0 Å². The second-order valence-corrected chi connectivity index (χ2v) is 3.70. The SMILES string of the molecule is CC(=O)NCCc1ccc(SN)cc1. The highest BCUT2D eigenvalue weighted by molar-refractivity contribution is 7.97. The molecule has 0 heterocycles. The van der Waals surface area contributed by atoms with Crippen LogP contribution in [0.3, 0.4) is 0 Å². The standard InChI is InChI=1S/C10H14N2OS/c1-8(13)12-7-6-9-2-4-10(14-11)5-3-9/h2-5H,6-7,11H2,1H3,(H,12,13). The van der Waals surface area contributed by atoms with E-state index in [9.17, 15) is 4.79 Å². The van der Waals surface area contributed by atoms with E-state index in [1.54, 1.807) is 0 Å². The lowest BCUT2D eigenvalue weighted by Gasteiger charge is -2.03. The van der Waals surface area contributed by atoms with Crippen molar-refractivity contribution < 1.29 is 4.79 Å². The monoisotopic (exact) mass is 210 g/mol. The quantitative estimate of drug-likeness (QED) is 0.737. The van der Waals surface area contributed by atoms with Crippen LogP contribution in [0.1, 0.15) is 12.5 Å². The Balaban J connectivity index is 2.40. The van der Waals surface area contributed by atoms with E-state index in [0.717, 1.165) is 11.3 Å². The Morgan fingerprint density at radius 3 is 2.57 bits per heavy atom. The molecule has 0 saturated carbocycles. The van der Waals surface area contributed by atoms with Gasteiger partial charge in [-0.25, -0.2) is 0 Å². The van der Waals surface area contributed by atoms with E-state index in [2.05, 4.69) is 5.32 Å². The average molecular weight is 210 g/mol. The molecule has 0 saturated heterocycles. The van der Waals surface area contributed by atoms with Crippen LogP contribution >= 0.6 is 11.9 Å². The van der Waals surface area contributed by atoms with Gasteiger partial charge in [0.05, 0.1) is 0 Å². The normalized spacial score (nSPS) is 9.86. The second kappa shape index (κ2) is 5.67. The molecule has 1 aromatic rings. The second-order valence-electron chi connectivity index (χ2n) is 2.99. The lowest BCUT2D eigenvalue weighted by Crippen LogP contribution is -2.22. The van der Waals surface area contributed by atoms with Gasteiger partial charge < -0.3 is 5.32 Å². The van der Waals surface area contributed by atoms with Gasteiger partial charge in [0.25, 0.3) is 0 Å². The molecule has 0 bridgehead atoms. The summed E-state index contributed by atoms with van der Waals surface area (Å²) in [7, 11) is 0. The summed E-state index contributed by atoms with van der Waals surface area (Å²) in [5.74, 6) is 0.0131. The van der Waals surface area contributed by atoms with E-state index in [-0.39, 0.29) is 5.91 Å². The van der Waals surface area contributed by atoms with Crippen LogP contribution in [0.25, 0.3) is 0 Å². The molecule has 0 radical (unpaired) electrons. The lowest BCUT2D eigenvalue weighted by molar-refractivity contribution is -0.118. The van der Waals surface area contributed by atoms with Crippen LogP contribution in [0.2, 0.25) is 0 Å². The van der Waals surface area contributed by atoms with Crippen molar-refractivity contribution in [1.82, 2.24) is 5.32 Å². The molecule has 0 spiro atoms. The number of carbonyl (C=O) groups excluding carboxylic acids is 1. The van der Waals surface area contributed by atoms with Crippen molar-refractivity contribution in [3.63, 3.8) is 0 Å². The number of hydrogen-bond donors (Lipinski definition) is 2. The van der Waals surface area contributed by atoms with Crippen molar-refractivity contribution in [2.75, 3.05) is 6.54 Å². The van der Waals surface area contributed by atoms with Crippen LogP contribution in [-0.4, -0.2) is 12.5 Å². The third kappa shape index (κ3) is 3.81. The van der Waals surface area contributed by atoms with Crippen LogP contribution in [0.15, 0.2) is 29.2 Å². The van der Waals surface area contributed by atoms with Gasteiger partial charge in [-0.1, -0.05) is 12.1 Å². The zero-order valence-corrected chi connectivity index (χ0v) is 8.93. The van der Waals surface area contributed by atoms with Gasteiger partial charge in [0, 0.05) is 18.4 Å². The van der Waals surface area contributed by atoms with Crippen molar-refractivity contribution in [2.45, 2.75) is 18.2 Å². The maximum absolute atomic E-state index is 10.6. The summed E-state index contributed by atoms with van der Waals surface area (Å²) in [5.41, 5.74) is 1.21. The van der Waals surface area contributed by atoms with E-state index in [4.69, 9.17) is 5.14 Å². The van der Waals surface area contributed by atoms with Crippen LogP contribution in [0, 0.1) is 0 Å². The molecule has 0 aromatic heterocycles. The van der Waals surface area contributed by atoms with Crippen molar-refractivity contribution in [1.29, 1.82) is 0 Å². The first kappa shape index (κ1) is 11.1.